The molecule has 100 valence electrons. The Balaban J connectivity index is 2.75. The zero-order valence-corrected chi connectivity index (χ0v) is 10.8. The van der Waals surface area contributed by atoms with Crippen molar-refractivity contribution in [3.63, 3.8) is 0 Å². The Labute approximate surface area is 106 Å². The molecule has 1 heterocycles. The van der Waals surface area contributed by atoms with E-state index in [-0.39, 0.29) is 18.1 Å². The van der Waals surface area contributed by atoms with E-state index in [4.69, 9.17) is 5.11 Å². The number of aliphatic carboxylic acids is 1. The Bertz CT molecular complexity index is 428. The number of amides is 1. The van der Waals surface area contributed by atoms with Gasteiger partial charge >= 0.3 is 5.97 Å². The van der Waals surface area contributed by atoms with Crippen molar-refractivity contribution in [2.24, 2.45) is 7.05 Å². The van der Waals surface area contributed by atoms with Crippen LogP contribution < -0.4 is 0 Å². The Hall–Kier alpha value is -1.89. The number of aryl methyl sites for hydroxylation is 1. The Kier molecular flexibility index (Phi) is 4.85. The number of carbonyl (C=O) groups excluding carboxylic acids is 1. The molecule has 0 fully saturated rings. The van der Waals surface area contributed by atoms with E-state index in [1.54, 1.807) is 19.3 Å². The average molecular weight is 254 g/mol. The van der Waals surface area contributed by atoms with Gasteiger partial charge in [0.1, 0.15) is 12.2 Å². The molecule has 0 saturated heterocycles. The Morgan fingerprint density at radius 3 is 2.50 bits per heavy atom. The maximum atomic E-state index is 12.1. The normalized spacial score (nSPS) is 10.7. The molecule has 18 heavy (non-hydrogen) atoms. The van der Waals surface area contributed by atoms with Crippen molar-refractivity contribution in [3.05, 3.63) is 18.0 Å². The number of carbonyl (C=O) groups is 2. The van der Waals surface area contributed by atoms with Gasteiger partial charge in [-0.15, -0.1) is 0 Å². The number of aromatic nitrogens is 2. The second-order valence-electron chi connectivity index (χ2n) is 4.30. The second-order valence-corrected chi connectivity index (χ2v) is 4.30. The topological polar surface area (TPSA) is 78.7 Å². The van der Waals surface area contributed by atoms with E-state index in [1.165, 1.54) is 9.58 Å². The smallest absolute Gasteiger partial charge is 0.323 e. The van der Waals surface area contributed by atoms with Crippen molar-refractivity contribution in [1.82, 2.24) is 19.6 Å². The molecule has 0 aliphatic heterocycles. The van der Waals surface area contributed by atoms with E-state index in [9.17, 15) is 9.59 Å². The number of rotatable bonds is 6. The zero-order chi connectivity index (χ0) is 13.7. The third-order valence-corrected chi connectivity index (χ3v) is 2.36. The summed E-state index contributed by atoms with van der Waals surface area (Å²) in [6, 6.07) is 1.58. The number of nitrogens with zero attached hydrogens (tertiary/aromatic N) is 4. The van der Waals surface area contributed by atoms with Gasteiger partial charge in [0.15, 0.2) is 0 Å². The number of likely N-dealkylation sites (N-methyl/N-ethyl adjacent to an activating group) is 1. The fourth-order valence-electron chi connectivity index (χ4n) is 1.43. The minimum Gasteiger partial charge on any atom is -0.480 e. The molecule has 1 aromatic rings. The van der Waals surface area contributed by atoms with E-state index < -0.39 is 5.97 Å². The predicted octanol–water partition coefficient (Wildman–Crippen LogP) is -0.491. The summed E-state index contributed by atoms with van der Waals surface area (Å²) < 4.78 is 1.51. The van der Waals surface area contributed by atoms with Crippen LogP contribution in [0.5, 0.6) is 0 Å². The van der Waals surface area contributed by atoms with Gasteiger partial charge in [0.05, 0.1) is 0 Å². The van der Waals surface area contributed by atoms with Crippen LogP contribution in [0, 0.1) is 0 Å². The highest BCUT2D eigenvalue weighted by Crippen LogP contribution is 2.02. The molecule has 0 aromatic carbocycles. The van der Waals surface area contributed by atoms with Gasteiger partial charge < -0.3 is 14.9 Å². The number of hydrogen-bond acceptors (Lipinski definition) is 4. The summed E-state index contributed by atoms with van der Waals surface area (Å²) in [5.74, 6) is -1.39. The van der Waals surface area contributed by atoms with Crippen LogP contribution in [-0.4, -0.2) is 70.3 Å². The molecule has 1 amide bonds. The van der Waals surface area contributed by atoms with Crippen LogP contribution in [-0.2, 0) is 11.8 Å². The summed E-state index contributed by atoms with van der Waals surface area (Å²) in [5, 5.41) is 12.8. The molecule has 0 aliphatic rings. The van der Waals surface area contributed by atoms with E-state index in [2.05, 4.69) is 5.10 Å². The molecule has 0 aliphatic carbocycles. The third kappa shape index (κ3) is 4.17. The lowest BCUT2D eigenvalue weighted by molar-refractivity contribution is -0.137. The van der Waals surface area contributed by atoms with Crippen molar-refractivity contribution in [2.45, 2.75) is 0 Å². The van der Waals surface area contributed by atoms with Crippen molar-refractivity contribution >= 4 is 11.9 Å². The summed E-state index contributed by atoms with van der Waals surface area (Å²) in [6.07, 6.45) is 1.65. The van der Waals surface area contributed by atoms with Gasteiger partial charge in [-0.05, 0) is 20.2 Å². The van der Waals surface area contributed by atoms with Crippen LogP contribution >= 0.6 is 0 Å². The lowest BCUT2D eigenvalue weighted by Gasteiger charge is -2.21. The second kappa shape index (κ2) is 6.15. The molecule has 0 unspecified atom stereocenters. The van der Waals surface area contributed by atoms with Crippen molar-refractivity contribution in [1.29, 1.82) is 0 Å². The SMILES string of the molecule is CN(C)CCN(CC(=O)O)C(=O)c1ccn(C)n1. The van der Waals surface area contributed by atoms with Gasteiger partial charge in [-0.3, -0.25) is 14.3 Å². The first-order valence-corrected chi connectivity index (χ1v) is 5.55. The lowest BCUT2D eigenvalue weighted by Crippen LogP contribution is -2.40. The molecule has 7 nitrogen and oxygen atoms in total. The number of hydrogen-bond donors (Lipinski definition) is 1. The lowest BCUT2D eigenvalue weighted by atomic mass is 10.3. The highest BCUT2D eigenvalue weighted by Gasteiger charge is 2.20. The van der Waals surface area contributed by atoms with E-state index in [0.717, 1.165) is 0 Å². The Morgan fingerprint density at radius 2 is 2.06 bits per heavy atom. The highest BCUT2D eigenvalue weighted by atomic mass is 16.4. The molecule has 0 radical (unpaired) electrons. The maximum Gasteiger partial charge on any atom is 0.323 e. The molecule has 1 rings (SSSR count). The van der Waals surface area contributed by atoms with Crippen molar-refractivity contribution in [2.75, 3.05) is 33.7 Å². The quantitative estimate of drug-likeness (QED) is 0.741. The highest BCUT2D eigenvalue weighted by molar-refractivity contribution is 5.94. The minimum absolute atomic E-state index is 0.262. The van der Waals surface area contributed by atoms with Crippen LogP contribution in [0.4, 0.5) is 0 Å². The fraction of sp³-hybridized carbons (Fsp3) is 0.545. The molecular formula is C11H18N4O3. The first-order valence-electron chi connectivity index (χ1n) is 5.55. The van der Waals surface area contributed by atoms with E-state index >= 15 is 0 Å². The summed E-state index contributed by atoms with van der Waals surface area (Å²) in [7, 11) is 5.44. The van der Waals surface area contributed by atoms with Gasteiger partial charge in [-0.25, -0.2) is 0 Å². The fourth-order valence-corrected chi connectivity index (χ4v) is 1.43. The molecule has 0 saturated carbocycles. The van der Waals surface area contributed by atoms with Crippen LogP contribution in [0.15, 0.2) is 12.3 Å². The largest absolute Gasteiger partial charge is 0.480 e. The monoisotopic (exact) mass is 254 g/mol. The van der Waals surface area contributed by atoms with Crippen molar-refractivity contribution < 1.29 is 14.7 Å². The van der Waals surface area contributed by atoms with Crippen molar-refractivity contribution in [3.8, 4) is 0 Å². The summed E-state index contributed by atoms with van der Waals surface area (Å²) in [6.45, 7) is 0.643. The van der Waals surface area contributed by atoms with E-state index in [1.807, 2.05) is 19.0 Å². The minimum atomic E-state index is -1.03. The van der Waals surface area contributed by atoms with Gasteiger partial charge in [-0.1, -0.05) is 0 Å². The zero-order valence-electron chi connectivity index (χ0n) is 10.8. The third-order valence-electron chi connectivity index (χ3n) is 2.36. The first kappa shape index (κ1) is 14.2. The maximum absolute atomic E-state index is 12.1. The predicted molar refractivity (Wildman–Crippen MR) is 65.3 cm³/mol. The van der Waals surface area contributed by atoms with Crippen LogP contribution in [0.3, 0.4) is 0 Å². The molecule has 0 bridgehead atoms. The number of carboxylic acid groups (broad SMARTS) is 1. The standard InChI is InChI=1S/C11H18N4O3/c1-13(2)6-7-15(8-10(16)17)11(18)9-4-5-14(3)12-9/h4-5H,6-8H2,1-3H3,(H,16,17). The number of carboxylic acids is 1. The van der Waals surface area contributed by atoms with Gasteiger partial charge in [0, 0.05) is 26.3 Å². The molecule has 0 atom stereocenters. The van der Waals surface area contributed by atoms with E-state index in [0.29, 0.717) is 13.1 Å². The summed E-state index contributed by atoms with van der Waals surface area (Å²) in [5.41, 5.74) is 0.262. The first-order chi connectivity index (χ1) is 8.40. The van der Waals surface area contributed by atoms with Gasteiger partial charge in [0.25, 0.3) is 5.91 Å². The van der Waals surface area contributed by atoms with Crippen LogP contribution in [0.1, 0.15) is 10.5 Å². The van der Waals surface area contributed by atoms with Gasteiger partial charge in [0.2, 0.25) is 0 Å². The molecule has 1 N–H and O–H groups in total. The summed E-state index contributed by atoms with van der Waals surface area (Å²) in [4.78, 5) is 26.0. The van der Waals surface area contributed by atoms with Crippen LogP contribution in [0.25, 0.3) is 0 Å². The Morgan fingerprint density at radius 1 is 1.39 bits per heavy atom. The molecular weight excluding hydrogens is 236 g/mol. The molecule has 7 heteroatoms. The average Bonchev–Trinajstić information content (AvgIpc) is 2.69. The molecule has 0 spiro atoms. The van der Waals surface area contributed by atoms with Crippen LogP contribution in [0.2, 0.25) is 0 Å². The van der Waals surface area contributed by atoms with Gasteiger partial charge in [-0.2, -0.15) is 5.10 Å². The summed E-state index contributed by atoms with van der Waals surface area (Å²) >= 11 is 0. The molecule has 1 aromatic heterocycles.